The lowest BCUT2D eigenvalue weighted by molar-refractivity contribution is -0.137. The largest absolute Gasteiger partial charge is 0.481 e. The molecule has 1 aromatic carbocycles. The van der Waals surface area contributed by atoms with Gasteiger partial charge < -0.3 is 5.11 Å². The van der Waals surface area contributed by atoms with Gasteiger partial charge in [0, 0.05) is 11.8 Å². The Labute approximate surface area is 99.5 Å². The van der Waals surface area contributed by atoms with Gasteiger partial charge in [-0.15, -0.1) is 0 Å². The number of carbonyl (C=O) groups is 1. The summed E-state index contributed by atoms with van der Waals surface area (Å²) in [4.78, 5) is 10.6. The Morgan fingerprint density at radius 1 is 1.35 bits per heavy atom. The van der Waals surface area contributed by atoms with Crippen molar-refractivity contribution < 1.29 is 9.90 Å². The Balaban J connectivity index is 2.19. The van der Waals surface area contributed by atoms with Gasteiger partial charge in [0.25, 0.3) is 0 Å². The molecule has 0 spiro atoms. The van der Waals surface area contributed by atoms with Crippen LogP contribution in [0.3, 0.4) is 0 Å². The van der Waals surface area contributed by atoms with E-state index in [1.165, 1.54) is 0 Å². The van der Waals surface area contributed by atoms with Crippen molar-refractivity contribution in [1.82, 2.24) is 9.78 Å². The molecule has 0 aliphatic carbocycles. The number of nitrogens with zero attached hydrogens (tertiary/aromatic N) is 2. The van der Waals surface area contributed by atoms with Crippen molar-refractivity contribution in [1.29, 1.82) is 0 Å². The normalized spacial score (nSPS) is 12.3. The van der Waals surface area contributed by atoms with E-state index in [0.717, 1.165) is 11.3 Å². The van der Waals surface area contributed by atoms with Crippen LogP contribution < -0.4 is 0 Å². The predicted molar refractivity (Wildman–Crippen MR) is 64.6 cm³/mol. The van der Waals surface area contributed by atoms with Crippen LogP contribution in [0.25, 0.3) is 11.3 Å². The van der Waals surface area contributed by atoms with Gasteiger partial charge >= 0.3 is 5.97 Å². The summed E-state index contributed by atoms with van der Waals surface area (Å²) in [5, 5.41) is 13.1. The lowest BCUT2D eigenvalue weighted by Crippen LogP contribution is -2.10. The summed E-state index contributed by atoms with van der Waals surface area (Å²) in [7, 11) is 0. The molecule has 4 nitrogen and oxygen atoms in total. The first-order valence-corrected chi connectivity index (χ1v) is 5.49. The van der Waals surface area contributed by atoms with Gasteiger partial charge in [-0.25, -0.2) is 0 Å². The van der Waals surface area contributed by atoms with Gasteiger partial charge in [-0.05, 0) is 13.0 Å². The van der Waals surface area contributed by atoms with Gasteiger partial charge in [-0.3, -0.25) is 9.48 Å². The second-order valence-electron chi connectivity index (χ2n) is 3.99. The molecule has 1 atom stereocenters. The molecular weight excluding hydrogens is 216 g/mol. The second-order valence-corrected chi connectivity index (χ2v) is 3.99. The van der Waals surface area contributed by atoms with Crippen molar-refractivity contribution in [3.8, 4) is 11.3 Å². The quantitative estimate of drug-likeness (QED) is 0.878. The Kier molecular flexibility index (Phi) is 3.23. The minimum Gasteiger partial charge on any atom is -0.481 e. The molecule has 1 heterocycles. The first kappa shape index (κ1) is 11.4. The van der Waals surface area contributed by atoms with Crippen LogP contribution in [-0.2, 0) is 4.79 Å². The summed E-state index contributed by atoms with van der Waals surface area (Å²) < 4.78 is 1.69. The highest BCUT2D eigenvalue weighted by atomic mass is 16.4. The molecule has 0 aliphatic rings. The number of carboxylic acid groups (broad SMARTS) is 1. The molecule has 0 saturated carbocycles. The van der Waals surface area contributed by atoms with Crippen LogP contribution in [0, 0.1) is 0 Å². The zero-order valence-corrected chi connectivity index (χ0v) is 9.58. The van der Waals surface area contributed by atoms with E-state index in [4.69, 9.17) is 5.11 Å². The number of rotatable bonds is 4. The topological polar surface area (TPSA) is 55.1 Å². The summed E-state index contributed by atoms with van der Waals surface area (Å²) in [6.45, 7) is 1.84. The van der Waals surface area contributed by atoms with Gasteiger partial charge in [-0.1, -0.05) is 30.3 Å². The van der Waals surface area contributed by atoms with Crippen LogP contribution >= 0.6 is 0 Å². The summed E-state index contributed by atoms with van der Waals surface area (Å²) in [6, 6.07) is 11.6. The SMILES string of the molecule is CC(CC(=O)O)n1ccc(-c2ccccc2)n1. The van der Waals surface area contributed by atoms with E-state index < -0.39 is 5.97 Å². The molecule has 0 amide bonds. The first-order valence-electron chi connectivity index (χ1n) is 5.49. The third kappa shape index (κ3) is 2.72. The minimum absolute atomic E-state index is 0.0793. The number of aromatic nitrogens is 2. The molecule has 4 heteroatoms. The van der Waals surface area contributed by atoms with E-state index in [0.29, 0.717) is 0 Å². The van der Waals surface area contributed by atoms with Crippen LogP contribution in [0.15, 0.2) is 42.6 Å². The summed E-state index contributed by atoms with van der Waals surface area (Å²) in [5.74, 6) is -0.811. The first-order chi connectivity index (χ1) is 8.16. The third-order valence-corrected chi connectivity index (χ3v) is 2.60. The number of benzene rings is 1. The number of carboxylic acids is 1. The second kappa shape index (κ2) is 4.82. The van der Waals surface area contributed by atoms with Gasteiger partial charge in [0.2, 0.25) is 0 Å². The average molecular weight is 230 g/mol. The van der Waals surface area contributed by atoms with Crippen LogP contribution in [0.2, 0.25) is 0 Å². The fourth-order valence-electron chi connectivity index (χ4n) is 1.69. The van der Waals surface area contributed by atoms with E-state index in [1.807, 2.05) is 49.5 Å². The van der Waals surface area contributed by atoms with Gasteiger partial charge in [0.05, 0.1) is 18.2 Å². The summed E-state index contributed by atoms with van der Waals surface area (Å²) >= 11 is 0. The molecule has 0 bridgehead atoms. The average Bonchev–Trinajstić information content (AvgIpc) is 2.78. The smallest absolute Gasteiger partial charge is 0.305 e. The highest BCUT2D eigenvalue weighted by Crippen LogP contribution is 2.18. The number of hydrogen-bond acceptors (Lipinski definition) is 2. The predicted octanol–water partition coefficient (Wildman–Crippen LogP) is 2.59. The Bertz CT molecular complexity index is 505. The summed E-state index contributed by atoms with van der Waals surface area (Å²) in [6.07, 6.45) is 1.89. The molecule has 0 saturated heterocycles. The molecule has 0 radical (unpaired) electrons. The molecule has 0 fully saturated rings. The standard InChI is InChI=1S/C13H14N2O2/c1-10(9-13(16)17)15-8-7-12(14-15)11-5-3-2-4-6-11/h2-8,10H,9H2,1H3,(H,16,17). The third-order valence-electron chi connectivity index (χ3n) is 2.60. The van der Waals surface area contributed by atoms with Gasteiger partial charge in [-0.2, -0.15) is 5.10 Å². The molecule has 1 aromatic heterocycles. The lowest BCUT2D eigenvalue weighted by Gasteiger charge is -2.08. The molecule has 2 rings (SSSR count). The Hall–Kier alpha value is -2.10. The highest BCUT2D eigenvalue weighted by molar-refractivity contribution is 5.67. The molecular formula is C13H14N2O2. The van der Waals surface area contributed by atoms with Crippen LogP contribution in [0.4, 0.5) is 0 Å². The number of aliphatic carboxylic acids is 1. The Morgan fingerprint density at radius 3 is 2.71 bits per heavy atom. The van der Waals surface area contributed by atoms with E-state index in [9.17, 15) is 4.79 Å². The zero-order valence-electron chi connectivity index (χ0n) is 9.58. The van der Waals surface area contributed by atoms with Crippen molar-refractivity contribution in [2.24, 2.45) is 0 Å². The molecule has 1 unspecified atom stereocenters. The summed E-state index contributed by atoms with van der Waals surface area (Å²) in [5.41, 5.74) is 1.90. The fourth-order valence-corrected chi connectivity index (χ4v) is 1.69. The molecule has 0 aliphatic heterocycles. The molecule has 88 valence electrons. The fraction of sp³-hybridized carbons (Fsp3) is 0.231. The maximum absolute atomic E-state index is 10.6. The van der Waals surface area contributed by atoms with E-state index in [1.54, 1.807) is 4.68 Å². The van der Waals surface area contributed by atoms with E-state index in [-0.39, 0.29) is 12.5 Å². The van der Waals surface area contributed by atoms with Crippen molar-refractivity contribution >= 4 is 5.97 Å². The molecule has 2 aromatic rings. The van der Waals surface area contributed by atoms with Crippen molar-refractivity contribution in [3.05, 3.63) is 42.6 Å². The molecule has 1 N–H and O–H groups in total. The van der Waals surface area contributed by atoms with Crippen LogP contribution in [-0.4, -0.2) is 20.9 Å². The zero-order chi connectivity index (χ0) is 12.3. The maximum Gasteiger partial charge on any atom is 0.305 e. The van der Waals surface area contributed by atoms with E-state index >= 15 is 0 Å². The Morgan fingerprint density at radius 2 is 2.06 bits per heavy atom. The van der Waals surface area contributed by atoms with Crippen molar-refractivity contribution in [2.45, 2.75) is 19.4 Å². The molecule has 17 heavy (non-hydrogen) atoms. The van der Waals surface area contributed by atoms with Crippen LogP contribution in [0.5, 0.6) is 0 Å². The van der Waals surface area contributed by atoms with E-state index in [2.05, 4.69) is 5.10 Å². The van der Waals surface area contributed by atoms with Gasteiger partial charge in [0.15, 0.2) is 0 Å². The van der Waals surface area contributed by atoms with Crippen molar-refractivity contribution in [2.75, 3.05) is 0 Å². The van der Waals surface area contributed by atoms with Crippen molar-refractivity contribution in [3.63, 3.8) is 0 Å². The highest BCUT2D eigenvalue weighted by Gasteiger charge is 2.11. The lowest BCUT2D eigenvalue weighted by atomic mass is 10.2. The van der Waals surface area contributed by atoms with Gasteiger partial charge in [0.1, 0.15) is 0 Å². The number of hydrogen-bond donors (Lipinski definition) is 1. The maximum atomic E-state index is 10.6. The monoisotopic (exact) mass is 230 g/mol. The minimum atomic E-state index is -0.811. The van der Waals surface area contributed by atoms with Crippen LogP contribution in [0.1, 0.15) is 19.4 Å².